The van der Waals surface area contributed by atoms with Crippen molar-refractivity contribution in [2.24, 2.45) is 28.6 Å². The van der Waals surface area contributed by atoms with Gasteiger partial charge in [-0.2, -0.15) is 5.26 Å². The van der Waals surface area contributed by atoms with E-state index < -0.39 is 17.2 Å². The Morgan fingerprint density at radius 3 is 2.41 bits per heavy atom. The Kier molecular flexibility index (Phi) is 3.68. The Morgan fingerprint density at radius 2 is 1.76 bits per heavy atom. The molecule has 3 unspecified atom stereocenters. The highest BCUT2D eigenvalue weighted by Gasteiger charge is 2.83. The number of ether oxygens (including phenoxy) is 2. The summed E-state index contributed by atoms with van der Waals surface area (Å²) in [5, 5.41) is 21.0. The second kappa shape index (κ2) is 5.45. The molecular weight excluding hydrogens is 366 g/mol. The van der Waals surface area contributed by atoms with Crippen LogP contribution in [0.15, 0.2) is 11.3 Å². The number of allylic oxidation sites excluding steroid dienone is 1. The highest BCUT2D eigenvalue weighted by Crippen LogP contribution is 2.77. The van der Waals surface area contributed by atoms with E-state index in [1.807, 2.05) is 13.8 Å². The molecule has 5 heteroatoms. The third-order valence-corrected chi connectivity index (χ3v) is 10.3. The van der Waals surface area contributed by atoms with Crippen LogP contribution in [0.5, 0.6) is 0 Å². The maximum absolute atomic E-state index is 11.7. The van der Waals surface area contributed by atoms with Crippen molar-refractivity contribution in [2.75, 3.05) is 0 Å². The summed E-state index contributed by atoms with van der Waals surface area (Å²) in [5.41, 5.74) is -1.20. The lowest BCUT2D eigenvalue weighted by Gasteiger charge is -2.60. The Morgan fingerprint density at radius 1 is 1.10 bits per heavy atom. The second-order valence-corrected chi connectivity index (χ2v) is 11.3. The van der Waals surface area contributed by atoms with Gasteiger partial charge in [0.15, 0.2) is 11.4 Å². The van der Waals surface area contributed by atoms with Crippen LogP contribution in [0.1, 0.15) is 79.6 Å². The minimum absolute atomic E-state index is 0.0196. The molecule has 4 fully saturated rings. The number of hydrogen-bond acceptors (Lipinski definition) is 5. The zero-order chi connectivity index (χ0) is 21.0. The molecule has 0 aromatic heterocycles. The molecule has 5 aliphatic rings. The van der Waals surface area contributed by atoms with Gasteiger partial charge in [-0.15, -0.1) is 0 Å². The van der Waals surface area contributed by atoms with Gasteiger partial charge in [-0.3, -0.25) is 4.79 Å². The van der Waals surface area contributed by atoms with Crippen LogP contribution >= 0.6 is 0 Å². The van der Waals surface area contributed by atoms with E-state index in [0.717, 1.165) is 38.5 Å². The summed E-state index contributed by atoms with van der Waals surface area (Å²) in [6.07, 6.45) is 6.69. The maximum Gasteiger partial charge on any atom is 0.307 e. The molecule has 1 saturated heterocycles. The molecule has 29 heavy (non-hydrogen) atoms. The highest BCUT2D eigenvalue weighted by atomic mass is 16.7. The van der Waals surface area contributed by atoms with E-state index >= 15 is 0 Å². The van der Waals surface area contributed by atoms with Crippen molar-refractivity contribution in [3.8, 4) is 6.07 Å². The Balaban J connectivity index is 1.56. The minimum Gasteiger partial charge on any atom is -0.427 e. The molecule has 1 N–H and O–H groups in total. The van der Waals surface area contributed by atoms with E-state index in [1.165, 1.54) is 6.92 Å². The van der Waals surface area contributed by atoms with Crippen molar-refractivity contribution in [3.05, 3.63) is 11.3 Å². The third-order valence-electron chi connectivity index (χ3n) is 10.3. The number of nitriles is 1. The van der Waals surface area contributed by atoms with Crippen molar-refractivity contribution >= 4 is 5.97 Å². The number of fused-ring (bicyclic) bond motifs is 4. The third kappa shape index (κ3) is 2.05. The first-order valence-corrected chi connectivity index (χ1v) is 11.2. The van der Waals surface area contributed by atoms with E-state index in [4.69, 9.17) is 9.47 Å². The van der Waals surface area contributed by atoms with Crippen LogP contribution in [0.3, 0.4) is 0 Å². The molecule has 158 valence electrons. The largest absolute Gasteiger partial charge is 0.427 e. The monoisotopic (exact) mass is 399 g/mol. The average Bonchev–Trinajstić information content (AvgIpc) is 3.19. The molecule has 0 radical (unpaired) electrons. The van der Waals surface area contributed by atoms with Crippen molar-refractivity contribution in [1.29, 1.82) is 5.26 Å². The summed E-state index contributed by atoms with van der Waals surface area (Å²) in [6.45, 7) is 10.0. The van der Waals surface area contributed by atoms with Gasteiger partial charge >= 0.3 is 5.97 Å². The van der Waals surface area contributed by atoms with Crippen LogP contribution in [0, 0.1) is 39.9 Å². The molecule has 1 spiro atoms. The molecule has 4 aliphatic carbocycles. The number of carbonyl (C=O) groups excluding carboxylic acids is 1. The van der Waals surface area contributed by atoms with Crippen LogP contribution in [-0.2, 0) is 14.3 Å². The number of hydrogen-bond donors (Lipinski definition) is 1. The SMILES string of the molecule is CC(=O)OC1=C(C#N)C[C@]2(C)[C@@H]3CC[C@@]4(C)[C@@H](CCC4(C)O)[C@@H]3CCC23OC13C. The van der Waals surface area contributed by atoms with E-state index in [9.17, 15) is 15.2 Å². The minimum atomic E-state index is -0.677. The maximum atomic E-state index is 11.7. The molecule has 1 aliphatic heterocycles. The fraction of sp³-hybridized carbons (Fsp3) is 0.833. The van der Waals surface area contributed by atoms with Gasteiger partial charge in [-0.25, -0.2) is 0 Å². The van der Waals surface area contributed by atoms with Gasteiger partial charge in [0.25, 0.3) is 0 Å². The Hall–Kier alpha value is -1.38. The molecule has 0 bridgehead atoms. The molecule has 8 atom stereocenters. The van der Waals surface area contributed by atoms with E-state index in [-0.39, 0.29) is 16.4 Å². The predicted molar refractivity (Wildman–Crippen MR) is 106 cm³/mol. The zero-order valence-corrected chi connectivity index (χ0v) is 18.3. The normalized spacial score (nSPS) is 55.1. The Bertz CT molecular complexity index is 871. The van der Waals surface area contributed by atoms with E-state index in [0.29, 0.717) is 35.5 Å². The van der Waals surface area contributed by atoms with Gasteiger partial charge in [0, 0.05) is 12.3 Å². The lowest BCUT2D eigenvalue weighted by atomic mass is 9.43. The van der Waals surface area contributed by atoms with Crippen LogP contribution in [0.2, 0.25) is 0 Å². The van der Waals surface area contributed by atoms with Crippen LogP contribution in [-0.4, -0.2) is 27.9 Å². The van der Waals surface area contributed by atoms with Crippen LogP contribution in [0.25, 0.3) is 0 Å². The molecular formula is C24H33NO4. The molecule has 3 saturated carbocycles. The number of esters is 1. The van der Waals surface area contributed by atoms with E-state index in [1.54, 1.807) is 0 Å². The molecule has 1 heterocycles. The quantitative estimate of drug-likeness (QED) is 0.526. The van der Waals surface area contributed by atoms with Crippen LogP contribution in [0.4, 0.5) is 0 Å². The van der Waals surface area contributed by atoms with Crippen molar-refractivity contribution in [2.45, 2.75) is 96.4 Å². The highest BCUT2D eigenvalue weighted by molar-refractivity contribution is 5.69. The van der Waals surface area contributed by atoms with Crippen molar-refractivity contribution in [3.63, 3.8) is 0 Å². The number of aliphatic hydroxyl groups is 1. The van der Waals surface area contributed by atoms with Gasteiger partial charge in [0.1, 0.15) is 5.60 Å². The lowest BCUT2D eigenvalue weighted by molar-refractivity contribution is -0.144. The summed E-state index contributed by atoms with van der Waals surface area (Å²) in [5.74, 6) is 1.61. The fourth-order valence-corrected chi connectivity index (χ4v) is 8.59. The topological polar surface area (TPSA) is 82.9 Å². The number of nitrogens with zero attached hydrogens (tertiary/aromatic N) is 1. The van der Waals surface area contributed by atoms with E-state index in [2.05, 4.69) is 19.9 Å². The predicted octanol–water partition coefficient (Wildman–Crippen LogP) is 4.25. The standard InChI is InChI=1S/C24H33NO4/c1-14(26)28-19-15(13-25)12-21(3)18-7-9-20(2)17(8-10-22(20,4)27)16(18)6-11-24(21)23(19,5)29-24/h16-18,27H,6-12H2,1-5H3/t16-,17-,18+,20-,21+,22?,23?,24?/m0/s1. The van der Waals surface area contributed by atoms with Gasteiger partial charge in [-0.05, 0) is 82.0 Å². The van der Waals surface area contributed by atoms with Gasteiger partial charge < -0.3 is 14.6 Å². The van der Waals surface area contributed by atoms with Crippen molar-refractivity contribution < 1.29 is 19.4 Å². The molecule has 0 aromatic carbocycles. The molecule has 0 amide bonds. The van der Waals surface area contributed by atoms with Gasteiger partial charge in [0.05, 0.1) is 17.2 Å². The number of rotatable bonds is 1. The number of carbonyl (C=O) groups is 1. The summed E-state index contributed by atoms with van der Waals surface area (Å²) < 4.78 is 12.0. The lowest BCUT2D eigenvalue weighted by Crippen LogP contribution is -2.60. The summed E-state index contributed by atoms with van der Waals surface area (Å²) in [4.78, 5) is 11.7. The first kappa shape index (κ1) is 19.6. The summed E-state index contributed by atoms with van der Waals surface area (Å²) in [7, 11) is 0. The fourth-order valence-electron chi connectivity index (χ4n) is 8.59. The average molecular weight is 400 g/mol. The first-order valence-electron chi connectivity index (χ1n) is 11.2. The second-order valence-electron chi connectivity index (χ2n) is 11.3. The molecule has 5 nitrogen and oxygen atoms in total. The molecule has 5 rings (SSSR count). The Labute approximate surface area is 173 Å². The van der Waals surface area contributed by atoms with Crippen molar-refractivity contribution in [1.82, 2.24) is 0 Å². The number of epoxide rings is 1. The van der Waals surface area contributed by atoms with Crippen LogP contribution < -0.4 is 0 Å². The molecule has 0 aromatic rings. The first-order chi connectivity index (χ1) is 13.5. The van der Waals surface area contributed by atoms with Gasteiger partial charge in [-0.1, -0.05) is 13.8 Å². The summed E-state index contributed by atoms with van der Waals surface area (Å²) >= 11 is 0. The summed E-state index contributed by atoms with van der Waals surface area (Å²) in [6, 6.07) is 2.34. The smallest absolute Gasteiger partial charge is 0.307 e. The van der Waals surface area contributed by atoms with Gasteiger partial charge in [0.2, 0.25) is 0 Å². The zero-order valence-electron chi connectivity index (χ0n) is 18.3.